The van der Waals surface area contributed by atoms with Crippen LogP contribution in [0.25, 0.3) is 0 Å². The second-order valence-corrected chi connectivity index (χ2v) is 5.52. The summed E-state index contributed by atoms with van der Waals surface area (Å²) >= 11 is 0. The minimum Gasteiger partial charge on any atom is -0.478 e. The summed E-state index contributed by atoms with van der Waals surface area (Å²) in [5.41, 5.74) is 0.398. The average Bonchev–Trinajstić information content (AvgIpc) is 2.45. The number of carboxylic acids is 1. The van der Waals surface area contributed by atoms with E-state index in [4.69, 9.17) is 9.84 Å². The van der Waals surface area contributed by atoms with Gasteiger partial charge in [-0.05, 0) is 24.8 Å². The van der Waals surface area contributed by atoms with Crippen LogP contribution in [-0.2, 0) is 9.53 Å². The summed E-state index contributed by atoms with van der Waals surface area (Å²) in [6.07, 6.45) is 7.13. The summed E-state index contributed by atoms with van der Waals surface area (Å²) in [5.74, 6) is -0.730. The van der Waals surface area contributed by atoms with Gasteiger partial charge in [0.25, 0.3) is 0 Å². The minimum atomic E-state index is -1.08. The highest BCUT2D eigenvalue weighted by Crippen LogP contribution is 2.25. The molecular weight excluding hydrogens is 272 g/mol. The first-order chi connectivity index (χ1) is 10.0. The molecule has 1 saturated carbocycles. The van der Waals surface area contributed by atoms with Gasteiger partial charge in [0.1, 0.15) is 6.61 Å². The molecule has 1 heterocycles. The molecule has 0 radical (unpaired) electrons. The molecule has 2 atom stereocenters. The number of aromatic nitrogens is 1. The average molecular weight is 292 g/mol. The zero-order valence-corrected chi connectivity index (χ0v) is 12.0. The predicted molar refractivity (Wildman–Crippen MR) is 77.2 cm³/mol. The van der Waals surface area contributed by atoms with Crippen LogP contribution in [0.15, 0.2) is 18.5 Å². The minimum absolute atomic E-state index is 0.0192. The summed E-state index contributed by atoms with van der Waals surface area (Å²) in [7, 11) is 0. The Morgan fingerprint density at radius 1 is 1.43 bits per heavy atom. The highest BCUT2D eigenvalue weighted by atomic mass is 16.5. The molecule has 1 aromatic heterocycles. The third-order valence-corrected chi connectivity index (χ3v) is 3.61. The molecule has 0 spiro atoms. The second-order valence-electron chi connectivity index (χ2n) is 5.52. The van der Waals surface area contributed by atoms with E-state index < -0.39 is 5.97 Å². The number of carbonyl (C=O) groups is 2. The lowest BCUT2D eigenvalue weighted by Crippen LogP contribution is -2.27. The third-order valence-electron chi connectivity index (χ3n) is 3.61. The first kappa shape index (κ1) is 15.4. The van der Waals surface area contributed by atoms with Crippen molar-refractivity contribution in [2.45, 2.75) is 38.7 Å². The number of hydrogen-bond donors (Lipinski definition) is 2. The van der Waals surface area contributed by atoms with Crippen LogP contribution in [-0.4, -0.2) is 34.7 Å². The van der Waals surface area contributed by atoms with Crippen LogP contribution in [0, 0.1) is 5.92 Å². The van der Waals surface area contributed by atoms with Gasteiger partial charge in [-0.25, -0.2) is 4.79 Å². The zero-order valence-electron chi connectivity index (χ0n) is 12.0. The van der Waals surface area contributed by atoms with Gasteiger partial charge in [0.15, 0.2) is 0 Å². The van der Waals surface area contributed by atoms with Crippen LogP contribution in [0.5, 0.6) is 0 Å². The molecule has 1 aromatic rings. The number of aromatic carboxylic acids is 1. The Morgan fingerprint density at radius 2 is 2.24 bits per heavy atom. The van der Waals surface area contributed by atoms with E-state index in [0.717, 1.165) is 19.3 Å². The molecule has 1 aliphatic carbocycles. The Hall–Kier alpha value is -1.95. The highest BCUT2D eigenvalue weighted by Gasteiger charge is 2.20. The highest BCUT2D eigenvalue weighted by molar-refractivity contribution is 5.94. The van der Waals surface area contributed by atoms with Gasteiger partial charge in [-0.1, -0.05) is 19.8 Å². The van der Waals surface area contributed by atoms with Crippen molar-refractivity contribution in [2.75, 3.05) is 11.9 Å². The van der Waals surface area contributed by atoms with Crippen LogP contribution in [0.3, 0.4) is 0 Å². The Bertz CT molecular complexity index is 518. The van der Waals surface area contributed by atoms with Gasteiger partial charge in [0, 0.05) is 6.20 Å². The molecule has 0 saturated heterocycles. The molecule has 2 rings (SSSR count). The number of carboxylic acid groups (broad SMARTS) is 1. The molecule has 1 fully saturated rings. The van der Waals surface area contributed by atoms with Crippen LogP contribution in [0.1, 0.15) is 43.0 Å². The number of nitrogens with one attached hydrogen (secondary N) is 1. The summed E-state index contributed by atoms with van der Waals surface area (Å²) in [6, 6.07) is 1.37. The SMILES string of the molecule is CC1CCCC(OCC(=O)Nc2cncc(C(=O)O)c2)C1. The molecule has 2 unspecified atom stereocenters. The molecule has 0 bridgehead atoms. The number of nitrogens with zero attached hydrogens (tertiary/aromatic N) is 1. The number of ether oxygens (including phenoxy) is 1. The summed E-state index contributed by atoms with van der Waals surface area (Å²) < 4.78 is 5.62. The fraction of sp³-hybridized carbons (Fsp3) is 0.533. The fourth-order valence-electron chi connectivity index (χ4n) is 2.55. The van der Waals surface area contributed by atoms with E-state index in [-0.39, 0.29) is 24.2 Å². The lowest BCUT2D eigenvalue weighted by molar-refractivity contribution is -0.123. The number of hydrogen-bond acceptors (Lipinski definition) is 4. The molecule has 0 aromatic carbocycles. The van der Waals surface area contributed by atoms with Gasteiger partial charge in [-0.2, -0.15) is 0 Å². The summed E-state index contributed by atoms with van der Waals surface area (Å²) in [4.78, 5) is 26.4. The van der Waals surface area contributed by atoms with Crippen LogP contribution in [0.2, 0.25) is 0 Å². The van der Waals surface area contributed by atoms with Crippen molar-refractivity contribution in [3.8, 4) is 0 Å². The van der Waals surface area contributed by atoms with Crippen LogP contribution in [0.4, 0.5) is 5.69 Å². The van der Waals surface area contributed by atoms with Gasteiger partial charge in [-0.3, -0.25) is 9.78 Å². The number of pyridine rings is 1. The number of anilines is 1. The number of carbonyl (C=O) groups excluding carboxylic acids is 1. The Balaban J connectivity index is 1.81. The summed E-state index contributed by atoms with van der Waals surface area (Å²) in [5, 5.41) is 11.5. The lowest BCUT2D eigenvalue weighted by atomic mass is 9.89. The quantitative estimate of drug-likeness (QED) is 0.869. The molecule has 2 N–H and O–H groups in total. The van der Waals surface area contributed by atoms with Gasteiger partial charge >= 0.3 is 5.97 Å². The van der Waals surface area contributed by atoms with E-state index in [1.54, 1.807) is 0 Å². The van der Waals surface area contributed by atoms with Gasteiger partial charge in [-0.15, -0.1) is 0 Å². The normalized spacial score (nSPS) is 21.8. The van der Waals surface area contributed by atoms with E-state index in [2.05, 4.69) is 17.2 Å². The van der Waals surface area contributed by atoms with Crippen molar-refractivity contribution in [1.82, 2.24) is 4.98 Å². The molecule has 1 aliphatic rings. The maximum atomic E-state index is 11.8. The maximum absolute atomic E-state index is 11.8. The molecule has 0 aliphatic heterocycles. The first-order valence-electron chi connectivity index (χ1n) is 7.14. The van der Waals surface area contributed by atoms with E-state index >= 15 is 0 Å². The monoisotopic (exact) mass is 292 g/mol. The van der Waals surface area contributed by atoms with E-state index in [1.165, 1.54) is 24.9 Å². The van der Waals surface area contributed by atoms with E-state index in [0.29, 0.717) is 11.6 Å². The second kappa shape index (κ2) is 7.17. The van der Waals surface area contributed by atoms with E-state index in [1.807, 2.05) is 0 Å². The van der Waals surface area contributed by atoms with Gasteiger partial charge in [0.2, 0.25) is 5.91 Å². The van der Waals surface area contributed by atoms with Crippen molar-refractivity contribution >= 4 is 17.6 Å². The summed E-state index contributed by atoms with van der Waals surface area (Å²) in [6.45, 7) is 2.17. The van der Waals surface area contributed by atoms with Crippen molar-refractivity contribution in [3.63, 3.8) is 0 Å². The smallest absolute Gasteiger partial charge is 0.337 e. The first-order valence-corrected chi connectivity index (χ1v) is 7.14. The van der Waals surface area contributed by atoms with Crippen molar-refractivity contribution in [1.29, 1.82) is 0 Å². The third kappa shape index (κ3) is 4.82. The largest absolute Gasteiger partial charge is 0.478 e. The Labute approximate surface area is 123 Å². The van der Waals surface area contributed by atoms with Crippen molar-refractivity contribution in [2.24, 2.45) is 5.92 Å². The number of rotatable bonds is 5. The van der Waals surface area contributed by atoms with Crippen molar-refractivity contribution < 1.29 is 19.4 Å². The van der Waals surface area contributed by atoms with Crippen LogP contribution < -0.4 is 5.32 Å². The molecule has 1 amide bonds. The van der Waals surface area contributed by atoms with Crippen molar-refractivity contribution in [3.05, 3.63) is 24.0 Å². The fourth-order valence-corrected chi connectivity index (χ4v) is 2.55. The van der Waals surface area contributed by atoms with Gasteiger partial charge in [0.05, 0.1) is 23.6 Å². The zero-order chi connectivity index (χ0) is 15.2. The molecule has 6 heteroatoms. The Morgan fingerprint density at radius 3 is 2.95 bits per heavy atom. The predicted octanol–water partition coefficient (Wildman–Crippen LogP) is 2.31. The standard InChI is InChI=1S/C15H20N2O4/c1-10-3-2-4-13(5-10)21-9-14(18)17-12-6-11(15(19)20)7-16-8-12/h6-8,10,13H,2-5,9H2,1H3,(H,17,18)(H,19,20). The lowest BCUT2D eigenvalue weighted by Gasteiger charge is -2.26. The maximum Gasteiger partial charge on any atom is 0.337 e. The Kier molecular flexibility index (Phi) is 5.27. The van der Waals surface area contributed by atoms with Gasteiger partial charge < -0.3 is 15.2 Å². The molecule has 6 nitrogen and oxygen atoms in total. The number of amides is 1. The van der Waals surface area contributed by atoms with E-state index in [9.17, 15) is 9.59 Å². The molecule has 114 valence electrons. The topological polar surface area (TPSA) is 88.5 Å². The molecular formula is C15H20N2O4. The van der Waals surface area contributed by atoms with Crippen LogP contribution >= 0.6 is 0 Å². The molecule has 21 heavy (non-hydrogen) atoms.